The predicted octanol–water partition coefficient (Wildman–Crippen LogP) is 2.91. The van der Waals surface area contributed by atoms with Crippen LogP contribution in [0.2, 0.25) is 10.0 Å². The van der Waals surface area contributed by atoms with E-state index in [1.807, 2.05) is 12.1 Å². The van der Waals surface area contributed by atoms with Gasteiger partial charge >= 0.3 is 0 Å². The third-order valence-corrected chi connectivity index (χ3v) is 3.28. The molecule has 16 heavy (non-hydrogen) atoms. The highest BCUT2D eigenvalue weighted by Crippen LogP contribution is 2.23. The molecule has 2 atom stereocenters. The summed E-state index contributed by atoms with van der Waals surface area (Å²) in [6.45, 7) is 3.87. The van der Waals surface area contributed by atoms with Crippen LogP contribution in [0.15, 0.2) is 18.2 Å². The highest BCUT2D eigenvalue weighted by atomic mass is 35.5. The summed E-state index contributed by atoms with van der Waals surface area (Å²) in [7, 11) is 0. The molecule has 0 radical (unpaired) electrons. The molecule has 0 aromatic heterocycles. The minimum atomic E-state index is 0.197. The van der Waals surface area contributed by atoms with Crippen LogP contribution in [0, 0.1) is 0 Å². The molecule has 2 unspecified atom stereocenters. The summed E-state index contributed by atoms with van der Waals surface area (Å²) in [6.07, 6.45) is 1.29. The van der Waals surface area contributed by atoms with E-state index >= 15 is 0 Å². The lowest BCUT2D eigenvalue weighted by Crippen LogP contribution is -2.44. The van der Waals surface area contributed by atoms with Gasteiger partial charge in [-0.05, 0) is 24.6 Å². The first-order valence-corrected chi connectivity index (χ1v) is 6.21. The summed E-state index contributed by atoms with van der Waals surface area (Å²) in [6, 6.07) is 5.61. The van der Waals surface area contributed by atoms with Crippen molar-refractivity contribution in [3.63, 3.8) is 0 Å². The summed E-state index contributed by atoms with van der Waals surface area (Å²) >= 11 is 12.0. The van der Waals surface area contributed by atoms with Gasteiger partial charge in [0.05, 0.1) is 12.2 Å². The molecule has 1 fully saturated rings. The van der Waals surface area contributed by atoms with Crippen LogP contribution in [0.1, 0.15) is 12.5 Å². The molecule has 1 saturated heterocycles. The van der Waals surface area contributed by atoms with E-state index < -0.39 is 0 Å². The fourth-order valence-electron chi connectivity index (χ4n) is 1.93. The SMILES string of the molecule is CC1CNCC(Cc2ccc(Cl)cc2Cl)O1. The maximum atomic E-state index is 6.12. The van der Waals surface area contributed by atoms with Crippen molar-refractivity contribution in [2.24, 2.45) is 0 Å². The zero-order valence-corrected chi connectivity index (χ0v) is 10.7. The molecule has 0 aliphatic carbocycles. The zero-order valence-electron chi connectivity index (χ0n) is 9.17. The summed E-state index contributed by atoms with van der Waals surface area (Å²) in [5.41, 5.74) is 1.09. The number of rotatable bonds is 2. The van der Waals surface area contributed by atoms with E-state index in [-0.39, 0.29) is 12.2 Å². The Balaban J connectivity index is 2.02. The lowest BCUT2D eigenvalue weighted by atomic mass is 10.1. The molecule has 1 aliphatic rings. The Morgan fingerprint density at radius 2 is 2.19 bits per heavy atom. The van der Waals surface area contributed by atoms with Crippen LogP contribution in [0.25, 0.3) is 0 Å². The van der Waals surface area contributed by atoms with Crippen LogP contribution in [0.5, 0.6) is 0 Å². The van der Waals surface area contributed by atoms with Gasteiger partial charge in [-0.15, -0.1) is 0 Å². The van der Waals surface area contributed by atoms with Crippen LogP contribution in [0.4, 0.5) is 0 Å². The van der Waals surface area contributed by atoms with E-state index in [2.05, 4.69) is 12.2 Å². The molecule has 1 N–H and O–H groups in total. The number of halogens is 2. The Morgan fingerprint density at radius 3 is 2.88 bits per heavy atom. The van der Waals surface area contributed by atoms with Crippen molar-refractivity contribution in [3.05, 3.63) is 33.8 Å². The topological polar surface area (TPSA) is 21.3 Å². The maximum Gasteiger partial charge on any atom is 0.0744 e. The molecular formula is C12H15Cl2NO. The second-order valence-electron chi connectivity index (χ2n) is 4.17. The number of hydrogen-bond donors (Lipinski definition) is 1. The third-order valence-electron chi connectivity index (χ3n) is 2.69. The first kappa shape index (κ1) is 12.2. The summed E-state index contributed by atoms with van der Waals surface area (Å²) in [4.78, 5) is 0. The first-order chi connectivity index (χ1) is 7.65. The van der Waals surface area contributed by atoms with Gasteiger partial charge in [0, 0.05) is 29.6 Å². The van der Waals surface area contributed by atoms with Crippen molar-refractivity contribution in [1.82, 2.24) is 5.32 Å². The third kappa shape index (κ3) is 3.11. The van der Waals surface area contributed by atoms with Crippen LogP contribution in [-0.4, -0.2) is 25.3 Å². The summed E-state index contributed by atoms with van der Waals surface area (Å²) in [5.74, 6) is 0. The molecule has 1 aliphatic heterocycles. The molecule has 0 amide bonds. The van der Waals surface area contributed by atoms with Crippen molar-refractivity contribution >= 4 is 23.2 Å². The Morgan fingerprint density at radius 1 is 1.38 bits per heavy atom. The minimum Gasteiger partial charge on any atom is -0.372 e. The number of ether oxygens (including phenoxy) is 1. The minimum absolute atomic E-state index is 0.197. The van der Waals surface area contributed by atoms with Crippen molar-refractivity contribution in [1.29, 1.82) is 0 Å². The van der Waals surface area contributed by atoms with E-state index in [1.165, 1.54) is 0 Å². The standard InChI is InChI=1S/C12H15Cl2NO/c1-8-6-15-7-11(16-8)4-9-2-3-10(13)5-12(9)14/h2-3,5,8,11,15H,4,6-7H2,1H3. The zero-order chi connectivity index (χ0) is 11.5. The van der Waals surface area contributed by atoms with Gasteiger partial charge in [0.25, 0.3) is 0 Å². The Hall–Kier alpha value is -0.280. The van der Waals surface area contributed by atoms with Crippen LogP contribution < -0.4 is 5.32 Å². The lowest BCUT2D eigenvalue weighted by molar-refractivity contribution is -0.0262. The largest absolute Gasteiger partial charge is 0.372 e. The number of nitrogens with one attached hydrogen (secondary N) is 1. The van der Waals surface area contributed by atoms with E-state index in [0.717, 1.165) is 25.1 Å². The van der Waals surface area contributed by atoms with Gasteiger partial charge in [0.1, 0.15) is 0 Å². The monoisotopic (exact) mass is 259 g/mol. The van der Waals surface area contributed by atoms with Gasteiger partial charge in [-0.25, -0.2) is 0 Å². The first-order valence-electron chi connectivity index (χ1n) is 5.45. The molecule has 0 saturated carbocycles. The van der Waals surface area contributed by atoms with Crippen molar-refractivity contribution in [2.75, 3.05) is 13.1 Å². The molecule has 2 rings (SSSR count). The van der Waals surface area contributed by atoms with E-state index in [9.17, 15) is 0 Å². The number of morpholine rings is 1. The van der Waals surface area contributed by atoms with E-state index in [0.29, 0.717) is 10.0 Å². The summed E-state index contributed by atoms with van der Waals surface area (Å²) < 4.78 is 5.82. The maximum absolute atomic E-state index is 6.12. The normalized spacial score (nSPS) is 25.7. The Bertz CT molecular complexity index is 370. The molecule has 1 aromatic rings. The number of hydrogen-bond acceptors (Lipinski definition) is 2. The van der Waals surface area contributed by atoms with Crippen LogP contribution >= 0.6 is 23.2 Å². The quantitative estimate of drug-likeness (QED) is 0.882. The average molecular weight is 260 g/mol. The van der Waals surface area contributed by atoms with Crippen LogP contribution in [0.3, 0.4) is 0 Å². The Kier molecular flexibility index (Phi) is 4.09. The molecular weight excluding hydrogens is 245 g/mol. The van der Waals surface area contributed by atoms with Crippen molar-refractivity contribution in [2.45, 2.75) is 25.6 Å². The second kappa shape index (κ2) is 5.37. The Labute approximate surface area is 106 Å². The van der Waals surface area contributed by atoms with Gasteiger partial charge in [-0.2, -0.15) is 0 Å². The van der Waals surface area contributed by atoms with Crippen molar-refractivity contribution in [3.8, 4) is 0 Å². The highest BCUT2D eigenvalue weighted by Gasteiger charge is 2.19. The lowest BCUT2D eigenvalue weighted by Gasteiger charge is -2.29. The smallest absolute Gasteiger partial charge is 0.0744 e. The molecule has 2 nitrogen and oxygen atoms in total. The molecule has 4 heteroatoms. The van der Waals surface area contributed by atoms with Crippen LogP contribution in [-0.2, 0) is 11.2 Å². The van der Waals surface area contributed by atoms with Gasteiger partial charge in [-0.3, -0.25) is 0 Å². The fourth-order valence-corrected chi connectivity index (χ4v) is 2.41. The summed E-state index contributed by atoms with van der Waals surface area (Å²) in [5, 5.41) is 4.73. The second-order valence-corrected chi connectivity index (χ2v) is 5.01. The molecule has 1 heterocycles. The van der Waals surface area contributed by atoms with E-state index in [4.69, 9.17) is 27.9 Å². The highest BCUT2D eigenvalue weighted by molar-refractivity contribution is 6.35. The predicted molar refractivity (Wildman–Crippen MR) is 67.4 cm³/mol. The fraction of sp³-hybridized carbons (Fsp3) is 0.500. The molecule has 0 bridgehead atoms. The van der Waals surface area contributed by atoms with Crippen molar-refractivity contribution < 1.29 is 4.74 Å². The molecule has 88 valence electrons. The van der Waals surface area contributed by atoms with Gasteiger partial charge < -0.3 is 10.1 Å². The number of benzene rings is 1. The van der Waals surface area contributed by atoms with Gasteiger partial charge in [0.2, 0.25) is 0 Å². The van der Waals surface area contributed by atoms with Gasteiger partial charge in [-0.1, -0.05) is 29.3 Å². The average Bonchev–Trinajstić information content (AvgIpc) is 2.22. The van der Waals surface area contributed by atoms with E-state index in [1.54, 1.807) is 6.07 Å². The molecule has 1 aromatic carbocycles. The molecule has 0 spiro atoms. The van der Waals surface area contributed by atoms with Gasteiger partial charge in [0.15, 0.2) is 0 Å².